The molecule has 1 amide bonds. The van der Waals surface area contributed by atoms with Gasteiger partial charge in [-0.3, -0.25) is 0 Å². The smallest absolute Gasteiger partial charge is 0.410 e. The minimum atomic E-state index is -0.429. The van der Waals surface area contributed by atoms with Crippen LogP contribution < -0.4 is 5.32 Å². The van der Waals surface area contributed by atoms with Crippen molar-refractivity contribution in [1.29, 1.82) is 0 Å². The molecule has 21 heavy (non-hydrogen) atoms. The highest BCUT2D eigenvalue weighted by Gasteiger charge is 2.27. The highest BCUT2D eigenvalue weighted by Crippen LogP contribution is 2.13. The highest BCUT2D eigenvalue weighted by molar-refractivity contribution is 5.68. The van der Waals surface area contributed by atoms with Crippen molar-refractivity contribution >= 4 is 6.09 Å². The molecule has 0 spiro atoms. The molecular formula is C17H26N2O2. The molecule has 0 unspecified atom stereocenters. The van der Waals surface area contributed by atoms with Gasteiger partial charge in [0, 0.05) is 25.7 Å². The summed E-state index contributed by atoms with van der Waals surface area (Å²) in [7, 11) is 0. The first-order chi connectivity index (χ1) is 9.94. The third-order valence-corrected chi connectivity index (χ3v) is 3.53. The number of carbonyl (C=O) groups is 1. The van der Waals surface area contributed by atoms with Gasteiger partial charge in [-0.15, -0.1) is 0 Å². The van der Waals surface area contributed by atoms with E-state index in [4.69, 9.17) is 4.74 Å². The van der Waals surface area contributed by atoms with E-state index in [1.54, 1.807) is 0 Å². The molecule has 1 fully saturated rings. The number of nitrogens with one attached hydrogen (secondary N) is 1. The molecular weight excluding hydrogens is 264 g/mol. The van der Waals surface area contributed by atoms with Crippen LogP contribution in [0, 0.1) is 0 Å². The second-order valence-corrected chi connectivity index (χ2v) is 6.60. The monoisotopic (exact) mass is 290 g/mol. The molecule has 0 radical (unpaired) electrons. The Kier molecular flexibility index (Phi) is 5.23. The van der Waals surface area contributed by atoms with Gasteiger partial charge in [-0.1, -0.05) is 30.3 Å². The summed E-state index contributed by atoms with van der Waals surface area (Å²) in [4.78, 5) is 13.9. The van der Waals surface area contributed by atoms with Gasteiger partial charge in [0.2, 0.25) is 0 Å². The van der Waals surface area contributed by atoms with E-state index < -0.39 is 5.60 Å². The molecule has 0 aromatic heterocycles. The van der Waals surface area contributed by atoms with Gasteiger partial charge in [0.15, 0.2) is 0 Å². The molecule has 4 nitrogen and oxygen atoms in total. The average Bonchev–Trinajstić information content (AvgIpc) is 2.45. The SMILES string of the molecule is CC(C)(C)OC(=O)N1CCN[C@H](CCc2ccccc2)C1. The Morgan fingerprint density at radius 3 is 2.71 bits per heavy atom. The van der Waals surface area contributed by atoms with Crippen LogP contribution >= 0.6 is 0 Å². The predicted octanol–water partition coefficient (Wildman–Crippen LogP) is 2.83. The molecule has 1 aromatic carbocycles. The zero-order valence-corrected chi connectivity index (χ0v) is 13.3. The number of hydrogen-bond donors (Lipinski definition) is 1. The van der Waals surface area contributed by atoms with Crippen LogP contribution in [-0.4, -0.2) is 42.3 Å². The molecule has 1 atom stereocenters. The van der Waals surface area contributed by atoms with E-state index in [2.05, 4.69) is 29.6 Å². The van der Waals surface area contributed by atoms with E-state index >= 15 is 0 Å². The highest BCUT2D eigenvalue weighted by atomic mass is 16.6. The molecule has 0 saturated carbocycles. The predicted molar refractivity (Wildman–Crippen MR) is 84.4 cm³/mol. The zero-order valence-electron chi connectivity index (χ0n) is 13.3. The topological polar surface area (TPSA) is 41.6 Å². The largest absolute Gasteiger partial charge is 0.444 e. The quantitative estimate of drug-likeness (QED) is 0.930. The summed E-state index contributed by atoms with van der Waals surface area (Å²) < 4.78 is 5.45. The Balaban J connectivity index is 1.82. The Hall–Kier alpha value is -1.55. The third kappa shape index (κ3) is 5.38. The van der Waals surface area contributed by atoms with Crippen molar-refractivity contribution in [2.75, 3.05) is 19.6 Å². The normalized spacial score (nSPS) is 19.4. The van der Waals surface area contributed by atoms with Crippen LogP contribution in [0.1, 0.15) is 32.8 Å². The lowest BCUT2D eigenvalue weighted by Gasteiger charge is -2.35. The van der Waals surface area contributed by atoms with Crippen LogP contribution in [0.2, 0.25) is 0 Å². The number of piperazine rings is 1. The average molecular weight is 290 g/mol. The van der Waals surface area contributed by atoms with Gasteiger partial charge in [-0.2, -0.15) is 0 Å². The Bertz CT molecular complexity index is 454. The van der Waals surface area contributed by atoms with Gasteiger partial charge >= 0.3 is 6.09 Å². The first-order valence-corrected chi connectivity index (χ1v) is 7.69. The molecule has 1 heterocycles. The van der Waals surface area contributed by atoms with Crippen molar-refractivity contribution in [2.24, 2.45) is 0 Å². The van der Waals surface area contributed by atoms with Crippen molar-refractivity contribution in [3.05, 3.63) is 35.9 Å². The van der Waals surface area contributed by atoms with Crippen molar-refractivity contribution in [1.82, 2.24) is 10.2 Å². The van der Waals surface area contributed by atoms with Crippen molar-refractivity contribution in [2.45, 2.75) is 45.3 Å². The van der Waals surface area contributed by atoms with Gasteiger partial charge < -0.3 is 15.0 Å². The second kappa shape index (κ2) is 6.94. The molecule has 0 bridgehead atoms. The number of rotatable bonds is 3. The Labute approximate surface area is 127 Å². The number of hydrogen-bond acceptors (Lipinski definition) is 3. The van der Waals surface area contributed by atoms with Gasteiger partial charge in [0.1, 0.15) is 5.60 Å². The maximum atomic E-state index is 12.1. The van der Waals surface area contributed by atoms with Crippen molar-refractivity contribution < 1.29 is 9.53 Å². The number of amides is 1. The fourth-order valence-electron chi connectivity index (χ4n) is 2.50. The van der Waals surface area contributed by atoms with Gasteiger partial charge in [0.25, 0.3) is 0 Å². The molecule has 1 saturated heterocycles. The second-order valence-electron chi connectivity index (χ2n) is 6.60. The molecule has 1 aliphatic rings. The maximum Gasteiger partial charge on any atom is 0.410 e. The lowest BCUT2D eigenvalue weighted by Crippen LogP contribution is -2.53. The van der Waals surface area contributed by atoms with Crippen molar-refractivity contribution in [3.8, 4) is 0 Å². The summed E-state index contributed by atoms with van der Waals surface area (Å²) in [6.07, 6.45) is 1.86. The maximum absolute atomic E-state index is 12.1. The van der Waals surface area contributed by atoms with Gasteiger partial charge in [-0.05, 0) is 39.2 Å². The first kappa shape index (κ1) is 15.8. The number of benzene rings is 1. The summed E-state index contributed by atoms with van der Waals surface area (Å²) in [6, 6.07) is 10.8. The van der Waals surface area contributed by atoms with Crippen LogP contribution in [0.5, 0.6) is 0 Å². The van der Waals surface area contributed by atoms with E-state index in [1.807, 2.05) is 31.7 Å². The summed E-state index contributed by atoms with van der Waals surface area (Å²) in [5.74, 6) is 0. The van der Waals surface area contributed by atoms with Gasteiger partial charge in [0.05, 0.1) is 0 Å². The van der Waals surface area contributed by atoms with Gasteiger partial charge in [-0.25, -0.2) is 4.79 Å². The van der Waals surface area contributed by atoms with Crippen LogP contribution in [-0.2, 0) is 11.2 Å². The van der Waals surface area contributed by atoms with Crippen LogP contribution in [0.4, 0.5) is 4.79 Å². The fraction of sp³-hybridized carbons (Fsp3) is 0.588. The zero-order chi connectivity index (χ0) is 15.3. The van der Waals surface area contributed by atoms with Crippen LogP contribution in [0.25, 0.3) is 0 Å². The molecule has 2 rings (SSSR count). The Morgan fingerprint density at radius 2 is 2.05 bits per heavy atom. The van der Waals surface area contributed by atoms with Crippen molar-refractivity contribution in [3.63, 3.8) is 0 Å². The van der Waals surface area contributed by atoms with Crippen LogP contribution in [0.3, 0.4) is 0 Å². The summed E-state index contributed by atoms with van der Waals surface area (Å²) >= 11 is 0. The molecule has 0 aliphatic carbocycles. The van der Waals surface area contributed by atoms with E-state index in [-0.39, 0.29) is 6.09 Å². The molecule has 116 valence electrons. The number of aryl methyl sites for hydroxylation is 1. The molecule has 4 heteroatoms. The molecule has 1 N–H and O–H groups in total. The van der Waals surface area contributed by atoms with Crippen LogP contribution in [0.15, 0.2) is 30.3 Å². The third-order valence-electron chi connectivity index (χ3n) is 3.53. The van der Waals surface area contributed by atoms with E-state index in [0.717, 1.165) is 32.5 Å². The minimum absolute atomic E-state index is 0.200. The summed E-state index contributed by atoms with van der Waals surface area (Å²) in [5, 5.41) is 3.49. The first-order valence-electron chi connectivity index (χ1n) is 7.69. The Morgan fingerprint density at radius 1 is 1.33 bits per heavy atom. The summed E-state index contributed by atoms with van der Waals surface area (Å²) in [5.41, 5.74) is 0.912. The molecule has 1 aliphatic heterocycles. The number of nitrogens with zero attached hydrogens (tertiary/aromatic N) is 1. The summed E-state index contributed by atoms with van der Waals surface area (Å²) in [6.45, 7) is 7.98. The van der Waals surface area contributed by atoms with E-state index in [0.29, 0.717) is 6.04 Å². The fourth-order valence-corrected chi connectivity index (χ4v) is 2.50. The molecule has 1 aromatic rings. The van der Waals surface area contributed by atoms with E-state index in [1.165, 1.54) is 5.56 Å². The lowest BCUT2D eigenvalue weighted by molar-refractivity contribution is 0.0193. The lowest BCUT2D eigenvalue weighted by atomic mass is 10.0. The standard InChI is InChI=1S/C17H26N2O2/c1-17(2,3)21-16(20)19-12-11-18-15(13-19)10-9-14-7-5-4-6-8-14/h4-8,15,18H,9-13H2,1-3H3/t15-/m1/s1. The number of carbonyl (C=O) groups excluding carboxylic acids is 1. The van der Waals surface area contributed by atoms with E-state index in [9.17, 15) is 4.79 Å². The number of ether oxygens (including phenoxy) is 1. The minimum Gasteiger partial charge on any atom is -0.444 e.